The number of hydrogen-bond acceptors (Lipinski definition) is 4. The summed E-state index contributed by atoms with van der Waals surface area (Å²) in [5.74, 6) is 0.212. The maximum absolute atomic E-state index is 13.0. The lowest BCUT2D eigenvalue weighted by atomic mass is 9.86. The van der Waals surface area contributed by atoms with Gasteiger partial charge in [-0.25, -0.2) is 8.42 Å². The third kappa shape index (κ3) is 3.47. The van der Waals surface area contributed by atoms with Crippen LogP contribution in [0, 0.1) is 5.92 Å². The Bertz CT molecular complexity index is 1120. The molecule has 28 heavy (non-hydrogen) atoms. The molecule has 3 aromatic rings. The van der Waals surface area contributed by atoms with E-state index >= 15 is 0 Å². The van der Waals surface area contributed by atoms with Crippen LogP contribution >= 0.6 is 0 Å². The van der Waals surface area contributed by atoms with E-state index in [1.54, 1.807) is 42.5 Å². The predicted molar refractivity (Wildman–Crippen MR) is 109 cm³/mol. The van der Waals surface area contributed by atoms with Crippen molar-refractivity contribution in [3.8, 4) is 5.75 Å². The molecule has 1 aliphatic rings. The first-order valence-electron chi connectivity index (χ1n) is 9.25. The summed E-state index contributed by atoms with van der Waals surface area (Å²) in [6.07, 6.45) is 2.82. The average molecular weight is 395 g/mol. The first-order valence-corrected chi connectivity index (χ1v) is 10.7. The van der Waals surface area contributed by atoms with Gasteiger partial charge in [-0.1, -0.05) is 36.8 Å². The van der Waals surface area contributed by atoms with Crippen molar-refractivity contribution in [2.75, 3.05) is 11.4 Å². The zero-order valence-electron chi connectivity index (χ0n) is 15.5. The number of ether oxygens (including phenoxy) is 1. The van der Waals surface area contributed by atoms with Gasteiger partial charge in [0.25, 0.3) is 10.0 Å². The van der Waals surface area contributed by atoms with Crippen molar-refractivity contribution in [3.63, 3.8) is 0 Å². The lowest BCUT2D eigenvalue weighted by Gasteiger charge is -2.23. The molecule has 1 fully saturated rings. The monoisotopic (exact) mass is 395 g/mol. The van der Waals surface area contributed by atoms with Crippen molar-refractivity contribution in [2.24, 2.45) is 5.92 Å². The molecule has 0 saturated heterocycles. The van der Waals surface area contributed by atoms with Crippen LogP contribution in [-0.4, -0.2) is 21.4 Å². The fourth-order valence-corrected chi connectivity index (χ4v) is 4.42. The third-order valence-corrected chi connectivity index (χ3v) is 7.02. The van der Waals surface area contributed by atoms with Gasteiger partial charge >= 0.3 is 5.97 Å². The van der Waals surface area contributed by atoms with E-state index < -0.39 is 10.0 Å². The van der Waals surface area contributed by atoms with Crippen molar-refractivity contribution >= 4 is 32.5 Å². The minimum Gasteiger partial charge on any atom is -0.426 e. The van der Waals surface area contributed by atoms with Gasteiger partial charge in [0.15, 0.2) is 0 Å². The molecule has 0 heterocycles. The zero-order chi connectivity index (χ0) is 19.7. The number of benzene rings is 3. The van der Waals surface area contributed by atoms with Gasteiger partial charge in [-0.15, -0.1) is 0 Å². The topological polar surface area (TPSA) is 63.7 Å². The second-order valence-electron chi connectivity index (χ2n) is 7.02. The average Bonchev–Trinajstić information content (AvgIpc) is 2.66. The minimum absolute atomic E-state index is 0.00404. The van der Waals surface area contributed by atoms with Gasteiger partial charge in [-0.2, -0.15) is 0 Å². The molecule has 0 N–H and O–H groups in total. The van der Waals surface area contributed by atoms with Crippen LogP contribution in [-0.2, 0) is 14.8 Å². The van der Waals surface area contributed by atoms with Gasteiger partial charge in [-0.05, 0) is 60.0 Å². The molecule has 4 rings (SSSR count). The van der Waals surface area contributed by atoms with Crippen LogP contribution in [0.15, 0.2) is 71.6 Å². The molecule has 0 aliphatic heterocycles. The number of hydrogen-bond donors (Lipinski definition) is 0. The lowest BCUT2D eigenvalue weighted by molar-refractivity contribution is -0.141. The van der Waals surface area contributed by atoms with Crippen LogP contribution in [0.1, 0.15) is 19.3 Å². The molecule has 0 atom stereocenters. The Hall–Kier alpha value is -2.86. The molecule has 0 radical (unpaired) electrons. The number of fused-ring (bicyclic) bond motifs is 1. The van der Waals surface area contributed by atoms with Gasteiger partial charge in [0, 0.05) is 7.05 Å². The zero-order valence-corrected chi connectivity index (χ0v) is 16.4. The largest absolute Gasteiger partial charge is 0.426 e. The van der Waals surface area contributed by atoms with Crippen LogP contribution in [0.3, 0.4) is 0 Å². The standard InChI is InChI=1S/C22H21NO4S/c1-23(19-10-12-20(13-11-19)27-22(24)17-7-4-8-17)28(25,26)21-14-9-16-5-2-3-6-18(16)15-21/h2-3,5-6,9-15,17H,4,7-8H2,1H3. The quantitative estimate of drug-likeness (QED) is 0.475. The molecular formula is C22H21NO4S. The highest BCUT2D eigenvalue weighted by molar-refractivity contribution is 7.92. The summed E-state index contributed by atoms with van der Waals surface area (Å²) in [4.78, 5) is 12.2. The fraction of sp³-hybridized carbons (Fsp3) is 0.227. The number of rotatable bonds is 5. The predicted octanol–water partition coefficient (Wildman–Crippen LogP) is 4.37. The summed E-state index contributed by atoms with van der Waals surface area (Å²) >= 11 is 0. The Morgan fingerprint density at radius 1 is 0.964 bits per heavy atom. The van der Waals surface area contributed by atoms with Gasteiger partial charge < -0.3 is 4.74 Å². The Kier molecular flexibility index (Phi) is 4.81. The minimum atomic E-state index is -3.70. The summed E-state index contributed by atoms with van der Waals surface area (Å²) in [5, 5.41) is 1.86. The van der Waals surface area contributed by atoms with Gasteiger partial charge in [0.05, 0.1) is 16.5 Å². The van der Waals surface area contributed by atoms with Crippen LogP contribution in [0.2, 0.25) is 0 Å². The Morgan fingerprint density at radius 2 is 1.64 bits per heavy atom. The van der Waals surface area contributed by atoms with E-state index in [0.29, 0.717) is 11.4 Å². The smallest absolute Gasteiger partial charge is 0.314 e. The summed E-state index contributed by atoms with van der Waals surface area (Å²) in [5.41, 5.74) is 0.497. The summed E-state index contributed by atoms with van der Waals surface area (Å²) in [6, 6.07) is 19.3. The molecule has 0 aromatic heterocycles. The molecule has 5 nitrogen and oxygen atoms in total. The first-order chi connectivity index (χ1) is 13.4. The molecule has 0 unspecified atom stereocenters. The van der Waals surface area contributed by atoms with Crippen molar-refractivity contribution in [2.45, 2.75) is 24.2 Å². The maximum atomic E-state index is 13.0. The molecule has 0 amide bonds. The Morgan fingerprint density at radius 3 is 2.29 bits per heavy atom. The normalized spacial score (nSPS) is 14.5. The number of esters is 1. The molecular weight excluding hydrogens is 374 g/mol. The van der Waals surface area contributed by atoms with E-state index in [4.69, 9.17) is 4.74 Å². The van der Waals surface area contributed by atoms with Gasteiger partial charge in [0.1, 0.15) is 5.75 Å². The Labute approximate surface area is 164 Å². The van der Waals surface area contributed by atoms with Gasteiger partial charge in [-0.3, -0.25) is 9.10 Å². The molecule has 1 saturated carbocycles. The van der Waals surface area contributed by atoms with Crippen molar-refractivity contribution in [1.29, 1.82) is 0 Å². The number of carbonyl (C=O) groups excluding carboxylic acids is 1. The van der Waals surface area contributed by atoms with E-state index in [0.717, 1.165) is 30.0 Å². The highest BCUT2D eigenvalue weighted by atomic mass is 32.2. The van der Waals surface area contributed by atoms with E-state index in [9.17, 15) is 13.2 Å². The van der Waals surface area contributed by atoms with Crippen LogP contribution in [0.4, 0.5) is 5.69 Å². The molecule has 3 aromatic carbocycles. The van der Waals surface area contributed by atoms with Crippen molar-refractivity contribution in [3.05, 3.63) is 66.7 Å². The SMILES string of the molecule is CN(c1ccc(OC(=O)C2CCC2)cc1)S(=O)(=O)c1ccc2ccccc2c1. The molecule has 0 spiro atoms. The van der Waals surface area contributed by atoms with E-state index in [-0.39, 0.29) is 16.8 Å². The lowest BCUT2D eigenvalue weighted by Crippen LogP contribution is -2.27. The number of nitrogens with zero attached hydrogens (tertiary/aromatic N) is 1. The number of carbonyl (C=O) groups is 1. The molecule has 6 heteroatoms. The first kappa shape index (κ1) is 18.5. The highest BCUT2D eigenvalue weighted by Crippen LogP contribution is 2.30. The number of anilines is 1. The fourth-order valence-electron chi connectivity index (χ4n) is 3.19. The van der Waals surface area contributed by atoms with Gasteiger partial charge in [0.2, 0.25) is 0 Å². The second-order valence-corrected chi connectivity index (χ2v) is 8.99. The van der Waals surface area contributed by atoms with E-state index in [1.165, 1.54) is 11.4 Å². The van der Waals surface area contributed by atoms with Crippen molar-refractivity contribution in [1.82, 2.24) is 0 Å². The summed E-state index contributed by atoms with van der Waals surface area (Å²) in [7, 11) is -2.19. The maximum Gasteiger partial charge on any atom is 0.314 e. The Balaban J connectivity index is 1.54. The summed E-state index contributed by atoms with van der Waals surface area (Å²) < 4.78 is 32.6. The second kappa shape index (κ2) is 7.28. The van der Waals surface area contributed by atoms with Crippen LogP contribution < -0.4 is 9.04 Å². The third-order valence-electron chi connectivity index (χ3n) is 5.24. The molecule has 0 bridgehead atoms. The molecule has 1 aliphatic carbocycles. The highest BCUT2D eigenvalue weighted by Gasteiger charge is 2.27. The van der Waals surface area contributed by atoms with Crippen molar-refractivity contribution < 1.29 is 17.9 Å². The summed E-state index contributed by atoms with van der Waals surface area (Å²) in [6.45, 7) is 0. The van der Waals surface area contributed by atoms with E-state index in [1.807, 2.05) is 24.3 Å². The number of sulfonamides is 1. The van der Waals surface area contributed by atoms with E-state index in [2.05, 4.69) is 0 Å². The van der Waals surface area contributed by atoms with Crippen LogP contribution in [0.25, 0.3) is 10.8 Å². The molecule has 144 valence electrons. The van der Waals surface area contributed by atoms with Crippen LogP contribution in [0.5, 0.6) is 5.75 Å².